The van der Waals surface area contributed by atoms with Crippen LogP contribution in [-0.4, -0.2) is 16.3 Å². The van der Waals surface area contributed by atoms with Crippen LogP contribution in [0.5, 0.6) is 0 Å². The van der Waals surface area contributed by atoms with Crippen LogP contribution in [0.2, 0.25) is 0 Å². The Balaban J connectivity index is 1.54. The van der Waals surface area contributed by atoms with Gasteiger partial charge in [-0.1, -0.05) is 66.2 Å². The lowest BCUT2D eigenvalue weighted by Gasteiger charge is -2.43. The molecule has 6 aromatic rings. The number of fused-ring (bicyclic) bond motifs is 3. The molecule has 3 aliphatic rings. The van der Waals surface area contributed by atoms with Gasteiger partial charge in [0.05, 0.1) is 17.6 Å². The SMILES string of the molecule is Cc1cc(C)c(N2c3cccc4c3B3c5c(cncc52)-c2cccc5c6cccc-4c6n3c25)c(C)c1. The fraction of sp³-hybridized carbons (Fsp3) is 0.0938. The third-order valence-electron chi connectivity index (χ3n) is 8.62. The molecule has 0 radical (unpaired) electrons. The van der Waals surface area contributed by atoms with Crippen molar-refractivity contribution in [1.82, 2.24) is 9.46 Å². The van der Waals surface area contributed by atoms with Crippen LogP contribution in [0, 0.1) is 20.8 Å². The van der Waals surface area contributed by atoms with Gasteiger partial charge in [-0.05, 0) is 54.5 Å². The lowest BCUT2D eigenvalue weighted by Crippen LogP contribution is -2.58. The number of aromatic nitrogens is 2. The molecule has 0 aliphatic carbocycles. The van der Waals surface area contributed by atoms with Gasteiger partial charge in [-0.3, -0.25) is 4.98 Å². The molecule has 0 bridgehead atoms. The predicted octanol–water partition coefficient (Wildman–Crippen LogP) is 6.51. The first-order valence-electron chi connectivity index (χ1n) is 12.7. The Kier molecular flexibility index (Phi) is 3.20. The Hall–Kier alpha value is -4.31. The molecular weight excluding hydrogens is 437 g/mol. The Morgan fingerprint density at radius 3 is 1.97 bits per heavy atom. The molecule has 36 heavy (non-hydrogen) atoms. The Bertz CT molecular complexity index is 1860. The van der Waals surface area contributed by atoms with E-state index in [1.807, 2.05) is 0 Å². The summed E-state index contributed by atoms with van der Waals surface area (Å²) in [5.74, 6) is 0. The zero-order valence-electron chi connectivity index (χ0n) is 20.4. The minimum absolute atomic E-state index is 0.149. The number of nitrogens with zero attached hydrogens (tertiary/aromatic N) is 3. The van der Waals surface area contributed by atoms with Crippen molar-refractivity contribution < 1.29 is 0 Å². The molecule has 0 amide bonds. The van der Waals surface area contributed by atoms with Gasteiger partial charge >= 0.3 is 6.85 Å². The number of pyridine rings is 1. The number of hydrogen-bond donors (Lipinski definition) is 0. The Morgan fingerprint density at radius 1 is 0.639 bits per heavy atom. The summed E-state index contributed by atoms with van der Waals surface area (Å²) < 4.78 is 2.64. The average molecular weight is 459 g/mol. The van der Waals surface area contributed by atoms with E-state index in [0.29, 0.717) is 0 Å². The summed E-state index contributed by atoms with van der Waals surface area (Å²) >= 11 is 0. The first-order chi connectivity index (χ1) is 17.6. The number of hydrogen-bond acceptors (Lipinski definition) is 2. The summed E-state index contributed by atoms with van der Waals surface area (Å²) in [6.07, 6.45) is 4.17. The average Bonchev–Trinajstić information content (AvgIpc) is 3.22. The van der Waals surface area contributed by atoms with E-state index in [9.17, 15) is 0 Å². The quantitative estimate of drug-likeness (QED) is 0.261. The molecule has 0 fully saturated rings. The second-order valence-corrected chi connectivity index (χ2v) is 10.6. The van der Waals surface area contributed by atoms with E-state index in [2.05, 4.69) is 109 Å². The van der Waals surface area contributed by atoms with Crippen molar-refractivity contribution in [3.05, 3.63) is 95.8 Å². The summed E-state index contributed by atoms with van der Waals surface area (Å²) in [7, 11) is 0. The molecule has 3 nitrogen and oxygen atoms in total. The van der Waals surface area contributed by atoms with E-state index in [1.165, 1.54) is 88.7 Å². The zero-order valence-corrected chi connectivity index (χ0v) is 20.4. The van der Waals surface area contributed by atoms with Gasteiger partial charge in [0.1, 0.15) is 0 Å². The maximum absolute atomic E-state index is 4.84. The summed E-state index contributed by atoms with van der Waals surface area (Å²) in [6, 6.07) is 25.1. The van der Waals surface area contributed by atoms with Crippen LogP contribution >= 0.6 is 0 Å². The van der Waals surface area contributed by atoms with Gasteiger partial charge in [-0.25, -0.2) is 0 Å². The molecule has 0 unspecified atom stereocenters. The summed E-state index contributed by atoms with van der Waals surface area (Å²) in [6.45, 7) is 6.81. The number of anilines is 3. The van der Waals surface area contributed by atoms with Gasteiger partial charge in [0.2, 0.25) is 0 Å². The molecule has 4 aromatic carbocycles. The van der Waals surface area contributed by atoms with Crippen molar-refractivity contribution in [2.24, 2.45) is 0 Å². The maximum Gasteiger partial charge on any atom is 0.333 e. The highest BCUT2D eigenvalue weighted by Crippen LogP contribution is 2.49. The van der Waals surface area contributed by atoms with Crippen LogP contribution in [-0.2, 0) is 0 Å². The highest BCUT2D eigenvalue weighted by Gasteiger charge is 2.46. The van der Waals surface area contributed by atoms with Gasteiger partial charge in [0, 0.05) is 50.4 Å². The molecule has 168 valence electrons. The molecule has 0 saturated heterocycles. The van der Waals surface area contributed by atoms with Gasteiger partial charge in [0.15, 0.2) is 0 Å². The molecule has 0 saturated carbocycles. The van der Waals surface area contributed by atoms with Gasteiger partial charge in [-0.2, -0.15) is 0 Å². The highest BCUT2D eigenvalue weighted by molar-refractivity contribution is 6.91. The second-order valence-electron chi connectivity index (χ2n) is 10.6. The van der Waals surface area contributed by atoms with E-state index in [4.69, 9.17) is 4.98 Å². The highest BCUT2D eigenvalue weighted by atomic mass is 15.2. The predicted molar refractivity (Wildman–Crippen MR) is 151 cm³/mol. The van der Waals surface area contributed by atoms with Crippen molar-refractivity contribution in [1.29, 1.82) is 0 Å². The van der Waals surface area contributed by atoms with E-state index in [1.54, 1.807) is 0 Å². The minimum atomic E-state index is 0.149. The fourth-order valence-electron chi connectivity index (χ4n) is 7.55. The van der Waals surface area contributed by atoms with E-state index in [0.717, 1.165) is 0 Å². The van der Waals surface area contributed by atoms with Gasteiger partial charge in [-0.15, -0.1) is 0 Å². The molecule has 4 heteroatoms. The summed E-state index contributed by atoms with van der Waals surface area (Å²) in [5, 5.41) is 2.68. The van der Waals surface area contributed by atoms with Crippen LogP contribution in [0.4, 0.5) is 17.1 Å². The van der Waals surface area contributed by atoms with Crippen LogP contribution in [0.3, 0.4) is 0 Å². The Labute approximate surface area is 209 Å². The second kappa shape index (κ2) is 6.08. The molecule has 2 aromatic heterocycles. The minimum Gasteiger partial charge on any atom is -0.375 e. The first kappa shape index (κ1) is 19.0. The van der Waals surface area contributed by atoms with Crippen LogP contribution < -0.4 is 15.8 Å². The van der Waals surface area contributed by atoms with Gasteiger partial charge in [0.25, 0.3) is 0 Å². The third kappa shape index (κ3) is 1.96. The monoisotopic (exact) mass is 459 g/mol. The van der Waals surface area contributed by atoms with E-state index < -0.39 is 0 Å². The maximum atomic E-state index is 4.84. The summed E-state index contributed by atoms with van der Waals surface area (Å²) in [5.41, 5.74) is 18.3. The summed E-state index contributed by atoms with van der Waals surface area (Å²) in [4.78, 5) is 7.33. The Morgan fingerprint density at radius 2 is 1.25 bits per heavy atom. The van der Waals surface area contributed by atoms with Crippen molar-refractivity contribution in [3.63, 3.8) is 0 Å². The van der Waals surface area contributed by atoms with Crippen molar-refractivity contribution >= 4 is 56.6 Å². The first-order valence-corrected chi connectivity index (χ1v) is 12.7. The van der Waals surface area contributed by atoms with Crippen LogP contribution in [0.15, 0.2) is 79.1 Å². The van der Waals surface area contributed by atoms with Crippen molar-refractivity contribution in [2.45, 2.75) is 20.8 Å². The molecule has 9 rings (SSSR count). The van der Waals surface area contributed by atoms with Crippen molar-refractivity contribution in [2.75, 3.05) is 4.90 Å². The molecule has 0 N–H and O–H groups in total. The third-order valence-corrected chi connectivity index (χ3v) is 8.62. The number of aryl methyl sites for hydroxylation is 3. The topological polar surface area (TPSA) is 21.1 Å². The fourth-order valence-corrected chi connectivity index (χ4v) is 7.55. The van der Waals surface area contributed by atoms with E-state index >= 15 is 0 Å². The number of rotatable bonds is 1. The van der Waals surface area contributed by atoms with E-state index in [-0.39, 0.29) is 6.85 Å². The van der Waals surface area contributed by atoms with Crippen LogP contribution in [0.1, 0.15) is 16.7 Å². The normalized spacial score (nSPS) is 13.9. The smallest absolute Gasteiger partial charge is 0.333 e. The standard InChI is InChI=1S/C32H22BN3/c1-17-13-18(2)30(19(3)14-17)35-26-12-6-7-20-21-8-4-9-22-23-10-5-11-24-25-15-34-16-27(35)29(25)33(28(20)26)36(31(21)22)32(23)24/h4-16H,1-3H3. The number of benzene rings is 4. The van der Waals surface area contributed by atoms with Crippen molar-refractivity contribution in [3.8, 4) is 22.3 Å². The largest absolute Gasteiger partial charge is 0.375 e. The van der Waals surface area contributed by atoms with Gasteiger partial charge < -0.3 is 9.38 Å². The zero-order chi connectivity index (χ0) is 23.9. The number of para-hydroxylation sites is 2. The lowest BCUT2D eigenvalue weighted by atomic mass is 9.43. The molecular formula is C32H22BN3. The molecule has 5 heterocycles. The molecule has 0 spiro atoms. The molecule has 0 atom stereocenters. The van der Waals surface area contributed by atoms with Crippen LogP contribution in [0.25, 0.3) is 44.1 Å². The lowest BCUT2D eigenvalue weighted by molar-refractivity contribution is 1.17. The molecule has 3 aliphatic heterocycles.